The molecule has 180 valence electrons. The molecule has 2 atom stereocenters. The van der Waals surface area contributed by atoms with Gasteiger partial charge in [0.2, 0.25) is 5.91 Å². The van der Waals surface area contributed by atoms with E-state index in [1.165, 1.54) is 12.0 Å². The van der Waals surface area contributed by atoms with Crippen molar-refractivity contribution in [3.05, 3.63) is 59.7 Å². The van der Waals surface area contributed by atoms with E-state index in [1.54, 1.807) is 30.2 Å². The van der Waals surface area contributed by atoms with Crippen LogP contribution in [0.4, 0.5) is 9.59 Å². The van der Waals surface area contributed by atoms with E-state index >= 15 is 0 Å². The van der Waals surface area contributed by atoms with Crippen molar-refractivity contribution in [3.8, 4) is 11.5 Å². The molecule has 2 heterocycles. The summed E-state index contributed by atoms with van der Waals surface area (Å²) in [4.78, 5) is 41.8. The number of nitrogens with zero attached hydrogens (tertiary/aromatic N) is 3. The number of benzene rings is 2. The van der Waals surface area contributed by atoms with Gasteiger partial charge in [-0.05, 0) is 17.7 Å². The third kappa shape index (κ3) is 4.57. The van der Waals surface area contributed by atoms with Crippen molar-refractivity contribution in [1.29, 1.82) is 0 Å². The summed E-state index contributed by atoms with van der Waals surface area (Å²) in [5, 5.41) is 9.95. The number of carboxylic acid groups (broad SMARTS) is 1. The first-order valence-corrected chi connectivity index (χ1v) is 10.9. The number of methoxy groups -OCH3 is 2. The molecule has 10 heteroatoms. The van der Waals surface area contributed by atoms with Crippen LogP contribution in [0.3, 0.4) is 0 Å². The summed E-state index contributed by atoms with van der Waals surface area (Å²) in [6.07, 6.45) is -1.66. The van der Waals surface area contributed by atoms with E-state index in [2.05, 4.69) is 0 Å². The predicted molar refractivity (Wildman–Crippen MR) is 121 cm³/mol. The van der Waals surface area contributed by atoms with Crippen molar-refractivity contribution >= 4 is 18.1 Å². The minimum Gasteiger partial charge on any atom is -0.497 e. The molecule has 34 heavy (non-hydrogen) atoms. The SMILES string of the molecule is COc1ccc(CN2C(=O)[C@@H](N(Cc3ccccc3)C(=O)O)[C@H]2CN2CCOC2=O)c(OC)c1. The van der Waals surface area contributed by atoms with Crippen LogP contribution in [-0.4, -0.2) is 83.9 Å². The van der Waals surface area contributed by atoms with E-state index in [9.17, 15) is 19.5 Å². The van der Waals surface area contributed by atoms with E-state index in [-0.39, 0.29) is 32.1 Å². The smallest absolute Gasteiger partial charge is 0.410 e. The van der Waals surface area contributed by atoms with Gasteiger partial charge in [0.1, 0.15) is 24.1 Å². The lowest BCUT2D eigenvalue weighted by atomic mass is 9.91. The summed E-state index contributed by atoms with van der Waals surface area (Å²) < 4.78 is 15.7. The van der Waals surface area contributed by atoms with Gasteiger partial charge in [-0.2, -0.15) is 0 Å². The van der Waals surface area contributed by atoms with Crippen LogP contribution in [0, 0.1) is 0 Å². The van der Waals surface area contributed by atoms with Gasteiger partial charge in [0, 0.05) is 31.3 Å². The second-order valence-electron chi connectivity index (χ2n) is 8.11. The van der Waals surface area contributed by atoms with E-state index in [4.69, 9.17) is 14.2 Å². The zero-order valence-electron chi connectivity index (χ0n) is 19.0. The van der Waals surface area contributed by atoms with Crippen molar-refractivity contribution in [2.45, 2.75) is 25.2 Å². The van der Waals surface area contributed by atoms with Crippen LogP contribution in [0.2, 0.25) is 0 Å². The highest BCUT2D eigenvalue weighted by Gasteiger charge is 2.53. The third-order valence-corrected chi connectivity index (χ3v) is 6.17. The molecule has 0 unspecified atom stereocenters. The number of β-lactam (4-membered cyclic amide) rings is 1. The first-order chi connectivity index (χ1) is 16.4. The van der Waals surface area contributed by atoms with Gasteiger partial charge in [-0.1, -0.05) is 30.3 Å². The summed E-state index contributed by atoms with van der Waals surface area (Å²) >= 11 is 0. The molecular formula is C24H27N3O7. The van der Waals surface area contributed by atoms with Crippen molar-refractivity contribution in [2.24, 2.45) is 0 Å². The average molecular weight is 469 g/mol. The highest BCUT2D eigenvalue weighted by molar-refractivity contribution is 5.92. The Morgan fingerprint density at radius 3 is 2.53 bits per heavy atom. The van der Waals surface area contributed by atoms with Crippen molar-refractivity contribution < 1.29 is 33.7 Å². The van der Waals surface area contributed by atoms with Gasteiger partial charge in [0.25, 0.3) is 0 Å². The van der Waals surface area contributed by atoms with Crippen molar-refractivity contribution in [3.63, 3.8) is 0 Å². The largest absolute Gasteiger partial charge is 0.497 e. The molecule has 2 aromatic rings. The Morgan fingerprint density at radius 1 is 1.15 bits per heavy atom. The number of likely N-dealkylation sites (tertiary alicyclic amines) is 1. The molecule has 0 spiro atoms. The van der Waals surface area contributed by atoms with Crippen LogP contribution in [0.5, 0.6) is 11.5 Å². The molecule has 2 aliphatic heterocycles. The maximum Gasteiger partial charge on any atom is 0.410 e. The van der Waals surface area contributed by atoms with Crippen molar-refractivity contribution in [1.82, 2.24) is 14.7 Å². The molecule has 10 nitrogen and oxygen atoms in total. The highest BCUT2D eigenvalue weighted by atomic mass is 16.6. The molecule has 4 rings (SSSR count). The van der Waals surface area contributed by atoms with Gasteiger partial charge < -0.3 is 29.1 Å². The maximum atomic E-state index is 13.3. The molecule has 0 bridgehead atoms. The fourth-order valence-electron chi connectivity index (χ4n) is 4.37. The van der Waals surface area contributed by atoms with Crippen LogP contribution >= 0.6 is 0 Å². The minimum atomic E-state index is -1.20. The standard InChI is InChI=1S/C24H27N3O7/c1-32-18-9-8-17(20(12-18)33-2)14-26-19(15-25-10-11-34-24(25)31)21(22(26)28)27(23(29)30)13-16-6-4-3-5-7-16/h3-9,12,19,21H,10-11,13-15H2,1-2H3,(H,29,30)/t19-,21+/m1/s1. The number of hydrogen-bond acceptors (Lipinski definition) is 6. The Labute approximate surface area is 197 Å². The number of carbonyl (C=O) groups is 3. The Morgan fingerprint density at radius 2 is 1.91 bits per heavy atom. The second-order valence-corrected chi connectivity index (χ2v) is 8.11. The highest BCUT2D eigenvalue weighted by Crippen LogP contribution is 2.33. The molecule has 0 aliphatic carbocycles. The topological polar surface area (TPSA) is 109 Å². The van der Waals surface area contributed by atoms with E-state index in [1.807, 2.05) is 30.3 Å². The average Bonchev–Trinajstić information content (AvgIpc) is 3.26. The fourth-order valence-corrected chi connectivity index (χ4v) is 4.37. The lowest BCUT2D eigenvalue weighted by Gasteiger charge is -2.51. The van der Waals surface area contributed by atoms with E-state index in [0.29, 0.717) is 18.0 Å². The first kappa shape index (κ1) is 23.2. The summed E-state index contributed by atoms with van der Waals surface area (Å²) in [7, 11) is 3.08. The molecule has 1 N–H and O–H groups in total. The Bertz CT molecular complexity index is 1060. The molecule has 0 aromatic heterocycles. The predicted octanol–water partition coefficient (Wildman–Crippen LogP) is 2.42. The third-order valence-electron chi connectivity index (χ3n) is 6.17. The van der Waals surface area contributed by atoms with E-state index < -0.39 is 24.3 Å². The van der Waals surface area contributed by atoms with Crippen molar-refractivity contribution in [2.75, 3.05) is 33.9 Å². The van der Waals surface area contributed by atoms with Gasteiger partial charge in [0.05, 0.1) is 26.8 Å². The molecule has 3 amide bonds. The van der Waals surface area contributed by atoms with Crippen LogP contribution in [0.1, 0.15) is 11.1 Å². The van der Waals surface area contributed by atoms with Gasteiger partial charge in [-0.15, -0.1) is 0 Å². The van der Waals surface area contributed by atoms with Crippen LogP contribution in [-0.2, 0) is 22.6 Å². The quantitative estimate of drug-likeness (QED) is 0.562. The number of cyclic esters (lactones) is 1. The molecular weight excluding hydrogens is 442 g/mol. The lowest BCUT2D eigenvalue weighted by molar-refractivity contribution is -0.160. The summed E-state index contributed by atoms with van der Waals surface area (Å²) in [6, 6.07) is 12.9. The van der Waals surface area contributed by atoms with E-state index in [0.717, 1.165) is 16.0 Å². The van der Waals surface area contributed by atoms with Crippen LogP contribution in [0.15, 0.2) is 48.5 Å². The Balaban J connectivity index is 1.61. The first-order valence-electron chi connectivity index (χ1n) is 10.9. The zero-order chi connectivity index (χ0) is 24.2. The zero-order valence-corrected chi connectivity index (χ0v) is 19.0. The van der Waals surface area contributed by atoms with Gasteiger partial charge in [-0.3, -0.25) is 9.69 Å². The number of hydrogen-bond donors (Lipinski definition) is 1. The normalized spacial score (nSPS) is 19.5. The molecule has 0 radical (unpaired) electrons. The molecule has 0 saturated carbocycles. The number of ether oxygens (including phenoxy) is 3. The lowest BCUT2D eigenvalue weighted by Crippen LogP contribution is -2.73. The van der Waals surface area contributed by atoms with Crippen LogP contribution in [0.25, 0.3) is 0 Å². The number of amides is 3. The molecule has 2 saturated heterocycles. The summed E-state index contributed by atoms with van der Waals surface area (Å²) in [5.41, 5.74) is 1.52. The van der Waals surface area contributed by atoms with Gasteiger partial charge >= 0.3 is 12.2 Å². The second kappa shape index (κ2) is 9.90. The molecule has 2 aromatic carbocycles. The monoisotopic (exact) mass is 469 g/mol. The maximum absolute atomic E-state index is 13.3. The number of carbonyl (C=O) groups excluding carboxylic acids is 2. The Hall–Kier alpha value is -3.95. The Kier molecular flexibility index (Phi) is 6.76. The van der Waals surface area contributed by atoms with Gasteiger partial charge in [-0.25, -0.2) is 9.59 Å². The van der Waals surface area contributed by atoms with Crippen LogP contribution < -0.4 is 9.47 Å². The number of rotatable bonds is 9. The molecule has 2 fully saturated rings. The minimum absolute atomic E-state index is 0.0627. The summed E-state index contributed by atoms with van der Waals surface area (Å²) in [6.45, 7) is 1.10. The molecule has 2 aliphatic rings. The summed E-state index contributed by atoms with van der Waals surface area (Å²) in [5.74, 6) is 0.841. The fraction of sp³-hybridized carbons (Fsp3) is 0.375. The van der Waals surface area contributed by atoms with Gasteiger partial charge in [0.15, 0.2) is 0 Å².